The molecule has 2 N–H and O–H groups in total. The van der Waals surface area contributed by atoms with E-state index in [0.717, 1.165) is 28.4 Å². The number of carbonyl (C=O) groups excluding carboxylic acids is 1. The van der Waals surface area contributed by atoms with Gasteiger partial charge in [0.15, 0.2) is 5.82 Å². The Kier molecular flexibility index (Phi) is 7.02. The number of nitrogens with one attached hydrogen (secondary N) is 1. The van der Waals surface area contributed by atoms with Crippen molar-refractivity contribution in [1.82, 2.24) is 20.1 Å². The van der Waals surface area contributed by atoms with E-state index in [0.29, 0.717) is 27.5 Å². The van der Waals surface area contributed by atoms with Crippen LogP contribution in [0.15, 0.2) is 48.8 Å². The quantitative estimate of drug-likeness (QED) is 0.349. The van der Waals surface area contributed by atoms with Crippen molar-refractivity contribution in [2.75, 3.05) is 0 Å². The number of fused-ring (bicyclic) bond motifs is 1. The number of hydrogen-bond donors (Lipinski definition) is 2. The second-order valence-corrected chi connectivity index (χ2v) is 9.80. The molecule has 7 nitrogen and oxygen atoms in total. The van der Waals surface area contributed by atoms with Gasteiger partial charge in [-0.25, -0.2) is 14.1 Å². The van der Waals surface area contributed by atoms with Crippen LogP contribution in [0.5, 0.6) is 5.75 Å². The molecule has 1 amide bonds. The minimum Gasteiger partial charge on any atom is -0.487 e. The minimum absolute atomic E-state index is 0.123. The summed E-state index contributed by atoms with van der Waals surface area (Å²) in [6.45, 7) is 8.59. The van der Waals surface area contributed by atoms with Gasteiger partial charge in [0.25, 0.3) is 5.91 Å². The highest BCUT2D eigenvalue weighted by Gasteiger charge is 2.26. The number of aromatic nitrogens is 3. The number of aliphatic hydroxyl groups is 1. The predicted octanol–water partition coefficient (Wildman–Crippen LogP) is 5.36. The van der Waals surface area contributed by atoms with Crippen molar-refractivity contribution >= 4 is 28.4 Å². The molecule has 0 unspecified atom stereocenters. The van der Waals surface area contributed by atoms with E-state index in [1.54, 1.807) is 0 Å². The van der Waals surface area contributed by atoms with Gasteiger partial charge in [-0.05, 0) is 63.9 Å². The molecule has 0 fully saturated rings. The van der Waals surface area contributed by atoms with E-state index < -0.39 is 23.4 Å². The Morgan fingerprint density at radius 1 is 1.28 bits per heavy atom. The van der Waals surface area contributed by atoms with E-state index in [9.17, 15) is 14.3 Å². The van der Waals surface area contributed by atoms with Crippen molar-refractivity contribution in [2.24, 2.45) is 0 Å². The highest BCUT2D eigenvalue weighted by molar-refractivity contribution is 6.31. The molecule has 9 heteroatoms. The summed E-state index contributed by atoms with van der Waals surface area (Å²) in [6.07, 6.45) is 2.46. The maximum Gasteiger partial charge on any atom is 0.251 e. The molecule has 188 valence electrons. The van der Waals surface area contributed by atoms with Crippen LogP contribution in [0.1, 0.15) is 49.2 Å². The van der Waals surface area contributed by atoms with Crippen LogP contribution in [0.25, 0.3) is 16.6 Å². The number of carbonyl (C=O) groups is 1. The first kappa shape index (κ1) is 25.6. The van der Waals surface area contributed by atoms with Crippen molar-refractivity contribution in [3.8, 4) is 11.4 Å². The van der Waals surface area contributed by atoms with E-state index in [1.165, 1.54) is 24.7 Å². The Hall–Kier alpha value is -3.49. The predicted molar refractivity (Wildman–Crippen MR) is 137 cm³/mol. The summed E-state index contributed by atoms with van der Waals surface area (Å²) in [7, 11) is 0. The van der Waals surface area contributed by atoms with E-state index >= 15 is 0 Å². The van der Waals surface area contributed by atoms with Gasteiger partial charge in [0.05, 0.1) is 24.1 Å². The molecule has 0 radical (unpaired) electrons. The minimum atomic E-state index is -1.51. The van der Waals surface area contributed by atoms with Crippen LogP contribution in [-0.4, -0.2) is 31.4 Å². The molecule has 2 aromatic heterocycles. The van der Waals surface area contributed by atoms with E-state index in [2.05, 4.69) is 15.4 Å². The fourth-order valence-electron chi connectivity index (χ4n) is 4.01. The topological polar surface area (TPSA) is 89.3 Å². The Balaban J connectivity index is 1.69. The van der Waals surface area contributed by atoms with Gasteiger partial charge in [-0.2, -0.15) is 5.10 Å². The summed E-state index contributed by atoms with van der Waals surface area (Å²) in [5.74, 6) is -0.394. The zero-order valence-electron chi connectivity index (χ0n) is 20.8. The lowest BCUT2D eigenvalue weighted by atomic mass is 9.98. The summed E-state index contributed by atoms with van der Waals surface area (Å²) in [4.78, 5) is 17.0. The number of amides is 1. The van der Waals surface area contributed by atoms with Gasteiger partial charge in [0.1, 0.15) is 23.5 Å². The second-order valence-electron chi connectivity index (χ2n) is 9.40. The van der Waals surface area contributed by atoms with E-state index in [1.807, 2.05) is 57.2 Å². The van der Waals surface area contributed by atoms with Gasteiger partial charge in [0.2, 0.25) is 0 Å². The van der Waals surface area contributed by atoms with Crippen molar-refractivity contribution in [2.45, 2.75) is 52.9 Å². The van der Waals surface area contributed by atoms with Crippen molar-refractivity contribution in [3.05, 3.63) is 82.0 Å². The molecule has 0 aliphatic heterocycles. The number of para-hydroxylation sites is 1. The van der Waals surface area contributed by atoms with Crippen molar-refractivity contribution in [1.29, 1.82) is 0 Å². The molecular formula is C27H28ClFN4O3. The van der Waals surface area contributed by atoms with Crippen LogP contribution in [0.3, 0.4) is 0 Å². The lowest BCUT2D eigenvalue weighted by Crippen LogP contribution is -2.43. The fourth-order valence-corrected chi connectivity index (χ4v) is 4.34. The first-order valence-electron chi connectivity index (χ1n) is 11.5. The SMILES string of the molecule is Cc1cc(Cl)c(COc2cccc3c(-n4cc(F)cn4)cc(C)nc23)c([C@H](C)NC(=O)C(C)(C)O)c1. The van der Waals surface area contributed by atoms with Crippen LogP contribution < -0.4 is 10.1 Å². The molecule has 2 heterocycles. The molecule has 0 spiro atoms. The van der Waals surface area contributed by atoms with Gasteiger partial charge >= 0.3 is 0 Å². The number of pyridine rings is 1. The Labute approximate surface area is 213 Å². The first-order chi connectivity index (χ1) is 16.9. The van der Waals surface area contributed by atoms with Crippen LogP contribution in [0.2, 0.25) is 5.02 Å². The number of ether oxygens (including phenoxy) is 1. The molecule has 4 rings (SSSR count). The number of nitrogens with zero attached hydrogens (tertiary/aromatic N) is 3. The zero-order valence-corrected chi connectivity index (χ0v) is 21.5. The molecule has 0 aliphatic carbocycles. The molecule has 1 atom stereocenters. The lowest BCUT2D eigenvalue weighted by molar-refractivity contribution is -0.137. The van der Waals surface area contributed by atoms with Crippen LogP contribution >= 0.6 is 11.6 Å². The summed E-state index contributed by atoms with van der Waals surface area (Å²) in [6, 6.07) is 10.7. The smallest absolute Gasteiger partial charge is 0.251 e. The normalized spacial score (nSPS) is 12.6. The zero-order chi connectivity index (χ0) is 26.2. The Bertz CT molecular complexity index is 1450. The Morgan fingerprint density at radius 2 is 2.03 bits per heavy atom. The van der Waals surface area contributed by atoms with E-state index in [-0.39, 0.29) is 6.61 Å². The molecule has 0 saturated carbocycles. The number of benzene rings is 2. The maximum atomic E-state index is 13.6. The average molecular weight is 511 g/mol. The summed E-state index contributed by atoms with van der Waals surface area (Å²) < 4.78 is 21.3. The molecule has 0 saturated heterocycles. The Morgan fingerprint density at radius 3 is 2.69 bits per heavy atom. The highest BCUT2D eigenvalue weighted by atomic mass is 35.5. The van der Waals surface area contributed by atoms with Gasteiger partial charge < -0.3 is 15.2 Å². The van der Waals surface area contributed by atoms with Gasteiger partial charge in [-0.15, -0.1) is 0 Å². The largest absolute Gasteiger partial charge is 0.487 e. The maximum absolute atomic E-state index is 13.6. The monoisotopic (exact) mass is 510 g/mol. The molecule has 2 aromatic carbocycles. The number of hydrogen-bond acceptors (Lipinski definition) is 5. The van der Waals surface area contributed by atoms with Crippen molar-refractivity contribution < 1.29 is 19.0 Å². The second kappa shape index (κ2) is 9.87. The number of aryl methyl sites for hydroxylation is 2. The summed E-state index contributed by atoms with van der Waals surface area (Å²) >= 11 is 6.62. The van der Waals surface area contributed by atoms with E-state index in [4.69, 9.17) is 16.3 Å². The molecular weight excluding hydrogens is 483 g/mol. The molecule has 0 bridgehead atoms. The number of halogens is 2. The first-order valence-corrected chi connectivity index (χ1v) is 11.9. The van der Waals surface area contributed by atoms with Gasteiger partial charge in [0, 0.05) is 21.7 Å². The molecule has 0 aliphatic rings. The summed E-state index contributed by atoms with van der Waals surface area (Å²) in [5, 5.41) is 18.2. The highest BCUT2D eigenvalue weighted by Crippen LogP contribution is 2.32. The van der Waals surface area contributed by atoms with Crippen LogP contribution in [0, 0.1) is 19.7 Å². The number of rotatable bonds is 7. The third kappa shape index (κ3) is 5.34. The average Bonchev–Trinajstić information content (AvgIpc) is 3.23. The molecule has 4 aromatic rings. The third-order valence-corrected chi connectivity index (χ3v) is 6.16. The third-order valence-electron chi connectivity index (χ3n) is 5.82. The lowest BCUT2D eigenvalue weighted by Gasteiger charge is -2.24. The van der Waals surface area contributed by atoms with Crippen molar-refractivity contribution in [3.63, 3.8) is 0 Å². The van der Waals surface area contributed by atoms with Gasteiger partial charge in [-0.3, -0.25) is 4.79 Å². The summed E-state index contributed by atoms with van der Waals surface area (Å²) in [5.41, 5.74) is 2.93. The van der Waals surface area contributed by atoms with Crippen LogP contribution in [-0.2, 0) is 11.4 Å². The van der Waals surface area contributed by atoms with Crippen LogP contribution in [0.4, 0.5) is 4.39 Å². The standard InChI is InChI=1S/C27H28ClFN4O3/c1-15-9-20(17(3)32-26(34)27(4,5)35)21(22(28)10-15)14-36-24-8-6-7-19-23(11-16(2)31-25(19)24)33-13-18(29)12-30-33/h6-13,17,35H,14H2,1-5H3,(H,32,34)/t17-/m0/s1. The molecule has 36 heavy (non-hydrogen) atoms. The van der Waals surface area contributed by atoms with Gasteiger partial charge in [-0.1, -0.05) is 29.8 Å². The fraction of sp³-hybridized carbons (Fsp3) is 0.296.